The van der Waals surface area contributed by atoms with Crippen LogP contribution in [0.4, 0.5) is 5.82 Å². The summed E-state index contributed by atoms with van der Waals surface area (Å²) in [5.74, 6) is -0.115. The average molecular weight is 441 g/mol. The first-order valence-corrected chi connectivity index (χ1v) is 11.6. The maximum absolute atomic E-state index is 13.0. The van der Waals surface area contributed by atoms with Crippen LogP contribution in [0.25, 0.3) is 11.0 Å². The number of nitrogens with zero attached hydrogens (tertiary/aromatic N) is 4. The van der Waals surface area contributed by atoms with Gasteiger partial charge < -0.3 is 9.64 Å². The number of sulfonamides is 1. The minimum Gasteiger partial charge on any atom is -0.461 e. The van der Waals surface area contributed by atoms with Crippen LogP contribution in [-0.4, -0.2) is 61.4 Å². The molecule has 0 bridgehead atoms. The van der Waals surface area contributed by atoms with Crippen LogP contribution in [0.15, 0.2) is 53.4 Å². The first kappa shape index (κ1) is 21.2. The van der Waals surface area contributed by atoms with Crippen molar-refractivity contribution in [2.75, 3.05) is 37.7 Å². The highest BCUT2D eigenvalue weighted by atomic mass is 32.2. The molecule has 8 nitrogen and oxygen atoms in total. The first-order valence-electron chi connectivity index (χ1n) is 10.2. The van der Waals surface area contributed by atoms with Crippen LogP contribution in [0.1, 0.15) is 23.0 Å². The lowest BCUT2D eigenvalue weighted by Gasteiger charge is -2.35. The van der Waals surface area contributed by atoms with Crippen LogP contribution >= 0.6 is 0 Å². The van der Waals surface area contributed by atoms with Gasteiger partial charge in [-0.2, -0.15) is 4.31 Å². The predicted molar refractivity (Wildman–Crippen MR) is 118 cm³/mol. The second-order valence-corrected chi connectivity index (χ2v) is 9.25. The molecular weight excluding hydrogens is 416 g/mol. The molecule has 1 aliphatic heterocycles. The molecule has 0 N–H and O–H groups in total. The van der Waals surface area contributed by atoms with E-state index in [0.29, 0.717) is 34.8 Å². The van der Waals surface area contributed by atoms with Crippen molar-refractivity contribution in [3.8, 4) is 0 Å². The topological polar surface area (TPSA) is 92.7 Å². The molecule has 162 valence electrons. The maximum atomic E-state index is 13.0. The molecular formula is C22H24N4O4S. The largest absolute Gasteiger partial charge is 0.461 e. The van der Waals surface area contributed by atoms with Gasteiger partial charge in [-0.1, -0.05) is 24.3 Å². The Morgan fingerprint density at radius 2 is 1.68 bits per heavy atom. The van der Waals surface area contributed by atoms with Crippen molar-refractivity contribution >= 4 is 32.8 Å². The Morgan fingerprint density at radius 3 is 2.32 bits per heavy atom. The third kappa shape index (κ3) is 4.24. The van der Waals surface area contributed by atoms with Crippen molar-refractivity contribution in [1.82, 2.24) is 14.3 Å². The molecule has 1 aliphatic rings. The molecule has 9 heteroatoms. The second-order valence-electron chi connectivity index (χ2n) is 7.31. The molecule has 0 atom stereocenters. The Labute approximate surface area is 181 Å². The van der Waals surface area contributed by atoms with Crippen LogP contribution in [0.5, 0.6) is 0 Å². The molecule has 2 aromatic carbocycles. The van der Waals surface area contributed by atoms with Crippen molar-refractivity contribution in [1.29, 1.82) is 0 Å². The Balaban J connectivity index is 1.61. The summed E-state index contributed by atoms with van der Waals surface area (Å²) in [5, 5.41) is 0. The van der Waals surface area contributed by atoms with E-state index in [1.807, 2.05) is 36.1 Å². The zero-order chi connectivity index (χ0) is 22.0. The van der Waals surface area contributed by atoms with E-state index < -0.39 is 16.0 Å². The van der Waals surface area contributed by atoms with Gasteiger partial charge in [0.05, 0.1) is 22.5 Å². The fourth-order valence-corrected chi connectivity index (χ4v) is 5.14. The highest BCUT2D eigenvalue weighted by molar-refractivity contribution is 7.89. The summed E-state index contributed by atoms with van der Waals surface area (Å²) < 4.78 is 32.7. The summed E-state index contributed by atoms with van der Waals surface area (Å²) in [6, 6.07) is 14.2. The molecule has 0 unspecified atom stereocenters. The number of esters is 1. The van der Waals surface area contributed by atoms with Crippen LogP contribution in [0.3, 0.4) is 0 Å². The fraction of sp³-hybridized carbons (Fsp3) is 0.318. The normalized spacial score (nSPS) is 15.2. The monoisotopic (exact) mass is 440 g/mol. The van der Waals surface area contributed by atoms with E-state index >= 15 is 0 Å². The van der Waals surface area contributed by atoms with E-state index in [0.717, 1.165) is 5.56 Å². The lowest BCUT2D eigenvalue weighted by Crippen LogP contribution is -2.49. The van der Waals surface area contributed by atoms with E-state index in [1.54, 1.807) is 31.2 Å². The van der Waals surface area contributed by atoms with Crippen LogP contribution in [-0.2, 0) is 14.8 Å². The number of aromatic nitrogens is 2. The van der Waals surface area contributed by atoms with Crippen LogP contribution < -0.4 is 4.90 Å². The Morgan fingerprint density at radius 1 is 1.00 bits per heavy atom. The van der Waals surface area contributed by atoms with Gasteiger partial charge in [-0.05, 0) is 43.7 Å². The predicted octanol–water partition coefficient (Wildman–Crippen LogP) is 2.63. The molecule has 0 spiro atoms. The molecule has 0 amide bonds. The number of carbonyl (C=O) groups is 1. The minimum absolute atomic E-state index is 0.149. The summed E-state index contributed by atoms with van der Waals surface area (Å²) in [6.45, 7) is 5.19. The van der Waals surface area contributed by atoms with E-state index in [4.69, 9.17) is 4.74 Å². The van der Waals surface area contributed by atoms with Gasteiger partial charge in [0, 0.05) is 26.2 Å². The highest BCUT2D eigenvalue weighted by Gasteiger charge is 2.31. The number of anilines is 1. The number of rotatable bonds is 5. The molecule has 1 fully saturated rings. The molecule has 3 aromatic rings. The maximum Gasteiger partial charge on any atom is 0.360 e. The van der Waals surface area contributed by atoms with Crippen molar-refractivity contribution in [3.63, 3.8) is 0 Å². The van der Waals surface area contributed by atoms with Gasteiger partial charge in [-0.3, -0.25) is 0 Å². The molecule has 2 heterocycles. The number of carbonyl (C=O) groups excluding carboxylic acids is 1. The lowest BCUT2D eigenvalue weighted by molar-refractivity contribution is 0.0520. The summed E-state index contributed by atoms with van der Waals surface area (Å²) >= 11 is 0. The summed E-state index contributed by atoms with van der Waals surface area (Å²) in [5.41, 5.74) is 2.32. The number of benzene rings is 2. The Kier molecular flexibility index (Phi) is 5.88. The van der Waals surface area contributed by atoms with Gasteiger partial charge in [0.15, 0.2) is 11.5 Å². The van der Waals surface area contributed by atoms with Crippen molar-refractivity contribution < 1.29 is 17.9 Å². The van der Waals surface area contributed by atoms with Gasteiger partial charge in [0.25, 0.3) is 0 Å². The third-order valence-electron chi connectivity index (χ3n) is 5.19. The number of ether oxygens (including phenoxy) is 1. The van der Waals surface area contributed by atoms with Gasteiger partial charge in [0.2, 0.25) is 10.0 Å². The number of hydrogen-bond acceptors (Lipinski definition) is 7. The standard InChI is InChI=1S/C22H24N4O4S/c1-3-30-22(27)20-21(24-19-10-5-4-9-18(19)23-20)25-11-13-26(14-12-25)31(28,29)17-8-6-7-16(2)15-17/h4-10,15H,3,11-14H2,1-2H3. The number of fused-ring (bicyclic) bond motifs is 1. The van der Waals surface area contributed by atoms with E-state index in [2.05, 4.69) is 9.97 Å². The summed E-state index contributed by atoms with van der Waals surface area (Å²) in [4.78, 5) is 23.9. The lowest BCUT2D eigenvalue weighted by atomic mass is 10.2. The number of piperazine rings is 1. The minimum atomic E-state index is -3.58. The Bertz CT molecular complexity index is 1220. The van der Waals surface area contributed by atoms with Gasteiger partial charge in [-0.25, -0.2) is 23.2 Å². The van der Waals surface area contributed by atoms with Gasteiger partial charge in [0.1, 0.15) is 0 Å². The quantitative estimate of drug-likeness (QED) is 0.563. The molecule has 31 heavy (non-hydrogen) atoms. The molecule has 0 saturated carbocycles. The van der Waals surface area contributed by atoms with Gasteiger partial charge >= 0.3 is 5.97 Å². The smallest absolute Gasteiger partial charge is 0.360 e. The first-order chi connectivity index (χ1) is 14.9. The zero-order valence-corrected chi connectivity index (χ0v) is 18.3. The van der Waals surface area contributed by atoms with Crippen molar-refractivity contribution in [2.24, 2.45) is 0 Å². The summed E-state index contributed by atoms with van der Waals surface area (Å²) in [7, 11) is -3.58. The molecule has 0 aliphatic carbocycles. The summed E-state index contributed by atoms with van der Waals surface area (Å²) in [6.07, 6.45) is 0. The Hall–Kier alpha value is -3.04. The van der Waals surface area contributed by atoms with Crippen LogP contribution in [0, 0.1) is 6.92 Å². The van der Waals surface area contributed by atoms with Crippen molar-refractivity contribution in [3.05, 3.63) is 59.8 Å². The van der Waals surface area contributed by atoms with Crippen LogP contribution in [0.2, 0.25) is 0 Å². The molecule has 1 saturated heterocycles. The number of aryl methyl sites for hydroxylation is 1. The fourth-order valence-electron chi connectivity index (χ4n) is 3.61. The van der Waals surface area contributed by atoms with E-state index in [1.165, 1.54) is 4.31 Å². The molecule has 0 radical (unpaired) electrons. The third-order valence-corrected chi connectivity index (χ3v) is 7.08. The van der Waals surface area contributed by atoms with E-state index in [-0.39, 0.29) is 25.4 Å². The number of hydrogen-bond donors (Lipinski definition) is 0. The molecule has 4 rings (SSSR count). The highest BCUT2D eigenvalue weighted by Crippen LogP contribution is 2.25. The second kappa shape index (κ2) is 8.60. The zero-order valence-electron chi connectivity index (χ0n) is 17.5. The van der Waals surface area contributed by atoms with Crippen molar-refractivity contribution in [2.45, 2.75) is 18.7 Å². The number of para-hydroxylation sites is 2. The SMILES string of the molecule is CCOC(=O)c1nc2ccccc2nc1N1CCN(S(=O)(=O)c2cccc(C)c2)CC1. The van der Waals surface area contributed by atoms with Gasteiger partial charge in [-0.15, -0.1) is 0 Å². The molecule has 1 aromatic heterocycles. The average Bonchev–Trinajstić information content (AvgIpc) is 2.78. The van der Waals surface area contributed by atoms with E-state index in [9.17, 15) is 13.2 Å².